The second kappa shape index (κ2) is 16.9. The maximum Gasteiger partial charge on any atom is 0.314 e. The van der Waals surface area contributed by atoms with Gasteiger partial charge in [0.05, 0.1) is 36.5 Å². The van der Waals surface area contributed by atoms with Gasteiger partial charge >= 0.3 is 6.43 Å². The average molecular weight is 734 g/mol. The molecule has 2 aliphatic rings. The van der Waals surface area contributed by atoms with Crippen LogP contribution in [-0.2, 0) is 36.9 Å². The lowest BCUT2D eigenvalue weighted by Crippen LogP contribution is -2.54. The number of nitrogens with zero attached hydrogens (tertiary/aromatic N) is 5. The first kappa shape index (κ1) is 36.6. The first-order valence-corrected chi connectivity index (χ1v) is 16.4. The van der Waals surface area contributed by atoms with Crippen LogP contribution in [0.5, 0.6) is 0 Å². The van der Waals surface area contributed by atoms with Gasteiger partial charge in [-0.3, -0.25) is 34.2 Å². The zero-order chi connectivity index (χ0) is 37.3. The van der Waals surface area contributed by atoms with Crippen molar-refractivity contribution >= 4 is 41.2 Å². The van der Waals surface area contributed by atoms with Gasteiger partial charge < -0.3 is 29.8 Å². The largest absolute Gasteiger partial charge is 0.415 e. The van der Waals surface area contributed by atoms with Gasteiger partial charge in [-0.25, -0.2) is 9.97 Å². The second-order valence-electron chi connectivity index (χ2n) is 11.8. The number of ether oxygens (including phenoxy) is 2. The van der Waals surface area contributed by atoms with Crippen LogP contribution < -0.4 is 21.3 Å². The van der Waals surface area contributed by atoms with E-state index in [1.54, 1.807) is 12.1 Å². The minimum Gasteiger partial charge on any atom is -0.415 e. The predicted octanol–water partition coefficient (Wildman–Crippen LogP) is 2.24. The van der Waals surface area contributed by atoms with Crippen molar-refractivity contribution in [2.45, 2.75) is 38.4 Å². The Labute approximate surface area is 299 Å². The number of halogens is 2. The molecule has 2 aromatic carbocycles. The highest BCUT2D eigenvalue weighted by atomic mass is 19.3. The number of rotatable bonds is 17. The number of anilines is 2. The molecule has 4 N–H and O–H groups in total. The maximum absolute atomic E-state index is 13.2. The molecule has 53 heavy (non-hydrogen) atoms. The zero-order valence-corrected chi connectivity index (χ0v) is 28.0. The van der Waals surface area contributed by atoms with Gasteiger partial charge in [0.25, 0.3) is 23.6 Å². The quantitative estimate of drug-likeness (QED) is 0.0904. The number of benzene rings is 2. The molecule has 0 spiro atoms. The number of carbonyl (C=O) groups is 5. The van der Waals surface area contributed by atoms with E-state index in [0.29, 0.717) is 30.3 Å². The van der Waals surface area contributed by atoms with Crippen molar-refractivity contribution in [3.8, 4) is 11.5 Å². The van der Waals surface area contributed by atoms with Crippen molar-refractivity contribution in [3.05, 3.63) is 83.0 Å². The van der Waals surface area contributed by atoms with E-state index in [-0.39, 0.29) is 68.7 Å². The highest BCUT2D eigenvalue weighted by Gasteiger charge is 2.45. The predicted molar refractivity (Wildman–Crippen MR) is 179 cm³/mol. The van der Waals surface area contributed by atoms with E-state index in [1.807, 2.05) is 24.3 Å². The summed E-state index contributed by atoms with van der Waals surface area (Å²) in [7, 11) is 0. The normalized spacial score (nSPS) is 15.5. The molecule has 0 radical (unpaired) electrons. The van der Waals surface area contributed by atoms with E-state index >= 15 is 0 Å². The molecule has 19 heteroatoms. The van der Waals surface area contributed by atoms with Gasteiger partial charge in [-0.05, 0) is 29.7 Å². The third-order valence-electron chi connectivity index (χ3n) is 8.09. The molecule has 5 amide bonds. The number of imide groups is 2. The lowest BCUT2D eigenvalue weighted by Gasteiger charge is -2.27. The number of nitrogens with one attached hydrogen (secondary N) is 4. The Morgan fingerprint density at radius 3 is 2.45 bits per heavy atom. The van der Waals surface area contributed by atoms with Crippen LogP contribution in [0.2, 0.25) is 0 Å². The highest BCUT2D eigenvalue weighted by molar-refractivity contribution is 6.25. The Bertz CT molecular complexity index is 1990. The smallest absolute Gasteiger partial charge is 0.314 e. The van der Waals surface area contributed by atoms with Crippen molar-refractivity contribution in [1.29, 1.82) is 0 Å². The molecule has 17 nitrogen and oxygen atoms in total. The molecule has 2 aromatic heterocycles. The first-order chi connectivity index (χ1) is 25.7. The Balaban J connectivity index is 0.851. The van der Waals surface area contributed by atoms with Crippen LogP contribution in [0.15, 0.2) is 59.3 Å². The number of alkyl halides is 2. The van der Waals surface area contributed by atoms with Gasteiger partial charge in [0.1, 0.15) is 12.6 Å². The number of hydrogen-bond acceptors (Lipinski definition) is 14. The third kappa shape index (κ3) is 9.00. The summed E-state index contributed by atoms with van der Waals surface area (Å²) in [4.78, 5) is 71.5. The Morgan fingerprint density at radius 2 is 1.70 bits per heavy atom. The maximum atomic E-state index is 13.2. The minimum absolute atomic E-state index is 0.0371. The van der Waals surface area contributed by atoms with Gasteiger partial charge in [-0.1, -0.05) is 30.3 Å². The monoisotopic (exact) mass is 733 g/mol. The van der Waals surface area contributed by atoms with E-state index in [4.69, 9.17) is 13.9 Å². The molecular weight excluding hydrogens is 700 g/mol. The summed E-state index contributed by atoms with van der Waals surface area (Å²) >= 11 is 0. The summed E-state index contributed by atoms with van der Waals surface area (Å²) in [6.07, 6.45) is -0.00590. The lowest BCUT2D eigenvalue weighted by molar-refractivity contribution is -0.136. The molecule has 1 unspecified atom stereocenters. The first-order valence-electron chi connectivity index (χ1n) is 16.4. The van der Waals surface area contributed by atoms with Crippen molar-refractivity contribution < 1.29 is 46.6 Å². The molecule has 0 aliphatic carbocycles. The average Bonchev–Trinajstić information content (AvgIpc) is 3.75. The van der Waals surface area contributed by atoms with E-state index in [2.05, 4.69) is 41.4 Å². The van der Waals surface area contributed by atoms with Gasteiger partial charge in [0.2, 0.25) is 23.7 Å². The van der Waals surface area contributed by atoms with Crippen molar-refractivity contribution in [1.82, 2.24) is 35.7 Å². The fourth-order valence-electron chi connectivity index (χ4n) is 5.56. The fraction of sp³-hybridized carbons (Fsp3) is 0.324. The second-order valence-corrected chi connectivity index (χ2v) is 11.8. The molecule has 1 atom stereocenters. The Kier molecular flexibility index (Phi) is 11.6. The highest BCUT2D eigenvalue weighted by Crippen LogP contribution is 2.32. The number of amides is 5. The Hall–Kier alpha value is -6.21. The molecule has 0 bridgehead atoms. The van der Waals surface area contributed by atoms with Crippen LogP contribution in [-0.4, -0.2) is 93.6 Å². The number of piperidine rings is 1. The third-order valence-corrected chi connectivity index (χ3v) is 8.09. The van der Waals surface area contributed by atoms with Gasteiger partial charge in [-0.15, -0.1) is 10.2 Å². The number of fused-ring (bicyclic) bond motifs is 1. The standard InChI is InChI=1S/C34H33F2N9O8/c35-28(36)31-44-43-30(53-31)21-16-40-34(41-17-21)39-15-20-4-1-3-19(13-20)14-38-26(47)18-52-12-11-51-10-9-37-23-6-2-5-22-27(23)33(50)45(32(22)49)24-7-8-25(46)42-29(24)48/h1-6,13,16-17,24,28,37H,7-12,14-15,18H2,(H,38,47)(H,39,40,41)(H,42,46,48). The summed E-state index contributed by atoms with van der Waals surface area (Å²) in [6, 6.07) is 11.3. The van der Waals surface area contributed by atoms with Crippen LogP contribution in [0.4, 0.5) is 20.4 Å². The number of aromatic nitrogens is 4. The molecule has 0 saturated carbocycles. The van der Waals surface area contributed by atoms with Crippen LogP contribution in [0.25, 0.3) is 11.5 Å². The molecule has 276 valence electrons. The summed E-state index contributed by atoms with van der Waals surface area (Å²) in [5.74, 6) is -3.20. The molecule has 4 aromatic rings. The SMILES string of the molecule is O=C(COCCOCCNc1cccc2c1C(=O)N(C1CCC(=O)NC1=O)C2=O)NCc1cccc(CNc2ncc(-c3nnc(C(F)F)o3)cn2)c1. The summed E-state index contributed by atoms with van der Waals surface area (Å²) in [6.45, 7) is 1.41. The summed E-state index contributed by atoms with van der Waals surface area (Å²) in [5, 5.41) is 18.0. The topological polar surface area (TPSA) is 220 Å². The van der Waals surface area contributed by atoms with Gasteiger partial charge in [0.15, 0.2) is 0 Å². The van der Waals surface area contributed by atoms with Crippen LogP contribution >= 0.6 is 0 Å². The van der Waals surface area contributed by atoms with E-state index in [1.165, 1.54) is 18.5 Å². The van der Waals surface area contributed by atoms with Gasteiger partial charge in [0, 0.05) is 44.1 Å². The molecule has 4 heterocycles. The number of carbonyl (C=O) groups excluding carboxylic acids is 5. The van der Waals surface area contributed by atoms with Gasteiger partial charge in [-0.2, -0.15) is 8.78 Å². The van der Waals surface area contributed by atoms with Crippen molar-refractivity contribution in [2.75, 3.05) is 43.6 Å². The molecule has 2 aliphatic heterocycles. The van der Waals surface area contributed by atoms with Crippen molar-refractivity contribution in [2.24, 2.45) is 0 Å². The van der Waals surface area contributed by atoms with E-state index in [9.17, 15) is 32.8 Å². The fourth-order valence-corrected chi connectivity index (χ4v) is 5.56. The van der Waals surface area contributed by atoms with Crippen molar-refractivity contribution in [3.63, 3.8) is 0 Å². The van der Waals surface area contributed by atoms with Crippen LogP contribution in [0.1, 0.15) is 57.0 Å². The summed E-state index contributed by atoms with van der Waals surface area (Å²) < 4.78 is 41.2. The minimum atomic E-state index is -2.87. The number of hydrogen-bond donors (Lipinski definition) is 4. The van der Waals surface area contributed by atoms with Crippen LogP contribution in [0.3, 0.4) is 0 Å². The molecule has 6 rings (SSSR count). The molecule has 1 fully saturated rings. The molecule has 1 saturated heterocycles. The van der Waals surface area contributed by atoms with Crippen LogP contribution in [0, 0.1) is 0 Å². The Morgan fingerprint density at radius 1 is 0.943 bits per heavy atom. The van der Waals surface area contributed by atoms with E-state index in [0.717, 1.165) is 16.0 Å². The van der Waals surface area contributed by atoms with E-state index < -0.39 is 42.0 Å². The lowest BCUT2D eigenvalue weighted by atomic mass is 10.0. The molecular formula is C34H33F2N9O8. The zero-order valence-electron chi connectivity index (χ0n) is 28.0. The summed E-state index contributed by atoms with van der Waals surface area (Å²) in [5.41, 5.74) is 2.82.